The zero-order valence-corrected chi connectivity index (χ0v) is 9.36. The van der Waals surface area contributed by atoms with E-state index in [0.717, 1.165) is 18.7 Å². The minimum Gasteiger partial charge on any atom is -0.394 e. The molecule has 6 heteroatoms. The highest BCUT2D eigenvalue weighted by atomic mass is 32.2. The van der Waals surface area contributed by atoms with Gasteiger partial charge >= 0.3 is 0 Å². The maximum atomic E-state index is 9.07. The molecule has 0 bridgehead atoms. The molecule has 0 aromatic carbocycles. The molecule has 0 aliphatic carbocycles. The number of nitrogen functional groups attached to an aromatic ring is 1. The molecule has 1 heterocycles. The molecule has 0 aliphatic heterocycles. The second kappa shape index (κ2) is 6.71. The van der Waals surface area contributed by atoms with Crippen molar-refractivity contribution in [1.82, 2.24) is 9.78 Å². The van der Waals surface area contributed by atoms with Gasteiger partial charge in [0, 0.05) is 18.5 Å². The second-order valence-electron chi connectivity index (χ2n) is 3.27. The lowest BCUT2D eigenvalue weighted by Crippen LogP contribution is -2.15. The highest BCUT2D eigenvalue weighted by molar-refractivity contribution is 7.99. The van der Waals surface area contributed by atoms with Crippen molar-refractivity contribution in [2.45, 2.75) is 19.1 Å². The molecule has 4 N–H and O–H groups in total. The maximum Gasteiger partial charge on any atom is 0.145 e. The van der Waals surface area contributed by atoms with Gasteiger partial charge in [-0.3, -0.25) is 4.68 Å². The number of nitrogens with two attached hydrogens (primary N) is 1. The van der Waals surface area contributed by atoms with Crippen LogP contribution < -0.4 is 5.73 Å². The van der Waals surface area contributed by atoms with Gasteiger partial charge in [-0.15, -0.1) is 0 Å². The maximum absolute atomic E-state index is 9.07. The lowest BCUT2D eigenvalue weighted by molar-refractivity contribution is 0.113. The number of aromatic nitrogens is 2. The quantitative estimate of drug-likeness (QED) is 0.573. The molecule has 1 aromatic rings. The Morgan fingerprint density at radius 2 is 2.40 bits per heavy atom. The first-order valence-corrected chi connectivity index (χ1v) is 6.03. The molecule has 1 unspecified atom stereocenters. The molecule has 0 radical (unpaired) electrons. The molecule has 86 valence electrons. The molecule has 0 amide bonds. The molecule has 1 aromatic heterocycles. The molecule has 0 aliphatic rings. The zero-order valence-electron chi connectivity index (χ0n) is 8.54. The Labute approximate surface area is 93.3 Å². The van der Waals surface area contributed by atoms with Crippen molar-refractivity contribution in [3.8, 4) is 0 Å². The van der Waals surface area contributed by atoms with E-state index in [1.54, 1.807) is 22.5 Å². The van der Waals surface area contributed by atoms with Crippen LogP contribution in [0.15, 0.2) is 12.3 Å². The average molecular weight is 231 g/mol. The van der Waals surface area contributed by atoms with Crippen LogP contribution in [0, 0.1) is 0 Å². The number of hydrogen-bond donors (Lipinski definition) is 3. The number of rotatable bonds is 7. The molecule has 0 spiro atoms. The fourth-order valence-corrected chi connectivity index (χ4v) is 1.98. The average Bonchev–Trinajstić information content (AvgIpc) is 2.63. The summed E-state index contributed by atoms with van der Waals surface area (Å²) in [5, 5.41) is 21.7. The van der Waals surface area contributed by atoms with E-state index in [4.69, 9.17) is 15.9 Å². The van der Waals surface area contributed by atoms with Gasteiger partial charge in [0.1, 0.15) is 5.82 Å². The van der Waals surface area contributed by atoms with Gasteiger partial charge in [0.2, 0.25) is 0 Å². The molecule has 5 nitrogen and oxygen atoms in total. The first kappa shape index (κ1) is 12.4. The van der Waals surface area contributed by atoms with Crippen molar-refractivity contribution < 1.29 is 10.2 Å². The van der Waals surface area contributed by atoms with Crippen LogP contribution in [0.1, 0.15) is 6.42 Å². The summed E-state index contributed by atoms with van der Waals surface area (Å²) >= 11 is 1.63. The molecular formula is C9H17N3O2S. The molecule has 0 saturated carbocycles. The van der Waals surface area contributed by atoms with Gasteiger partial charge in [-0.05, 0) is 18.2 Å². The van der Waals surface area contributed by atoms with Crippen LogP contribution in [0.3, 0.4) is 0 Å². The summed E-state index contributed by atoms with van der Waals surface area (Å²) in [6, 6.07) is 1.77. The zero-order chi connectivity index (χ0) is 11.1. The summed E-state index contributed by atoms with van der Waals surface area (Å²) in [6.45, 7) is 0.669. The number of nitrogens with zero attached hydrogens (tertiary/aromatic N) is 2. The van der Waals surface area contributed by atoms with Crippen LogP contribution in [0.25, 0.3) is 0 Å². The fraction of sp³-hybridized carbons (Fsp3) is 0.667. The summed E-state index contributed by atoms with van der Waals surface area (Å²) in [4.78, 5) is 0. The first-order valence-electron chi connectivity index (χ1n) is 4.88. The van der Waals surface area contributed by atoms with Gasteiger partial charge in [-0.25, -0.2) is 0 Å². The van der Waals surface area contributed by atoms with Gasteiger partial charge in [0.05, 0.1) is 12.7 Å². The van der Waals surface area contributed by atoms with E-state index in [9.17, 15) is 0 Å². The smallest absolute Gasteiger partial charge is 0.145 e. The number of anilines is 1. The van der Waals surface area contributed by atoms with Gasteiger partial charge < -0.3 is 15.9 Å². The summed E-state index contributed by atoms with van der Waals surface area (Å²) < 4.78 is 1.80. The van der Waals surface area contributed by atoms with E-state index in [1.165, 1.54) is 0 Å². The molecule has 0 saturated heterocycles. The molecule has 1 atom stereocenters. The van der Waals surface area contributed by atoms with E-state index >= 15 is 0 Å². The van der Waals surface area contributed by atoms with Crippen molar-refractivity contribution in [2.75, 3.05) is 23.8 Å². The SMILES string of the molecule is Nc1ccn(CCCSCC(O)CO)n1. The minimum absolute atomic E-state index is 0.164. The molecule has 0 fully saturated rings. The Morgan fingerprint density at radius 3 is 3.00 bits per heavy atom. The third-order valence-electron chi connectivity index (χ3n) is 1.86. The predicted octanol–water partition coefficient (Wildman–Crippen LogP) is -0.0582. The second-order valence-corrected chi connectivity index (χ2v) is 4.42. The van der Waals surface area contributed by atoms with Crippen LogP contribution in [-0.4, -0.2) is 44.2 Å². The normalized spacial score (nSPS) is 12.9. The highest BCUT2D eigenvalue weighted by Gasteiger charge is 2.01. The Morgan fingerprint density at radius 1 is 1.60 bits per heavy atom. The Bertz CT molecular complexity index is 280. The van der Waals surface area contributed by atoms with Crippen molar-refractivity contribution in [1.29, 1.82) is 0 Å². The minimum atomic E-state index is -0.602. The fourth-order valence-electron chi connectivity index (χ4n) is 1.10. The van der Waals surface area contributed by atoms with Crippen LogP contribution >= 0.6 is 11.8 Å². The Balaban J connectivity index is 2.02. The number of aryl methyl sites for hydroxylation is 1. The van der Waals surface area contributed by atoms with Gasteiger partial charge in [0.15, 0.2) is 0 Å². The van der Waals surface area contributed by atoms with Crippen LogP contribution in [-0.2, 0) is 6.54 Å². The third kappa shape index (κ3) is 5.06. The summed E-state index contributed by atoms with van der Waals surface area (Å²) in [5.41, 5.74) is 5.47. The lowest BCUT2D eigenvalue weighted by Gasteiger charge is -2.06. The van der Waals surface area contributed by atoms with Crippen molar-refractivity contribution in [3.63, 3.8) is 0 Å². The van der Waals surface area contributed by atoms with Gasteiger partial charge in [0.25, 0.3) is 0 Å². The molecule has 1 rings (SSSR count). The topological polar surface area (TPSA) is 84.3 Å². The lowest BCUT2D eigenvalue weighted by atomic mass is 10.4. The number of thioether (sulfide) groups is 1. The summed E-state index contributed by atoms with van der Waals surface area (Å²) in [6.07, 6.45) is 2.22. The highest BCUT2D eigenvalue weighted by Crippen LogP contribution is 2.06. The Kier molecular flexibility index (Phi) is 5.52. The van der Waals surface area contributed by atoms with E-state index in [1.807, 2.05) is 6.20 Å². The van der Waals surface area contributed by atoms with Crippen LogP contribution in [0.2, 0.25) is 0 Å². The third-order valence-corrected chi connectivity index (χ3v) is 3.06. The molecule has 15 heavy (non-hydrogen) atoms. The summed E-state index contributed by atoms with van der Waals surface area (Å²) in [7, 11) is 0. The number of aliphatic hydroxyl groups excluding tert-OH is 2. The summed E-state index contributed by atoms with van der Waals surface area (Å²) in [5.74, 6) is 2.06. The predicted molar refractivity (Wildman–Crippen MR) is 61.7 cm³/mol. The molecular weight excluding hydrogens is 214 g/mol. The van der Waals surface area contributed by atoms with Gasteiger partial charge in [-0.2, -0.15) is 16.9 Å². The number of aliphatic hydroxyl groups is 2. The van der Waals surface area contributed by atoms with E-state index in [0.29, 0.717) is 11.6 Å². The van der Waals surface area contributed by atoms with Gasteiger partial charge in [-0.1, -0.05) is 0 Å². The number of hydrogen-bond acceptors (Lipinski definition) is 5. The van der Waals surface area contributed by atoms with Crippen molar-refractivity contribution >= 4 is 17.6 Å². The Hall–Kier alpha value is -0.720. The van der Waals surface area contributed by atoms with E-state index in [-0.39, 0.29) is 6.61 Å². The van der Waals surface area contributed by atoms with Crippen molar-refractivity contribution in [3.05, 3.63) is 12.3 Å². The van der Waals surface area contributed by atoms with Crippen molar-refractivity contribution in [2.24, 2.45) is 0 Å². The van der Waals surface area contributed by atoms with Crippen LogP contribution in [0.5, 0.6) is 0 Å². The largest absolute Gasteiger partial charge is 0.394 e. The monoisotopic (exact) mass is 231 g/mol. The van der Waals surface area contributed by atoms with Crippen LogP contribution in [0.4, 0.5) is 5.82 Å². The van der Waals surface area contributed by atoms with E-state index < -0.39 is 6.10 Å². The van der Waals surface area contributed by atoms with E-state index in [2.05, 4.69) is 5.10 Å². The standard InChI is InChI=1S/C9H17N3O2S/c10-9-2-4-12(11-9)3-1-5-15-7-8(14)6-13/h2,4,8,13-14H,1,3,5-7H2,(H2,10,11). The first-order chi connectivity index (χ1) is 7.22.